The SMILES string of the molecule is COc1ccccc1OCCCn1c(C(c2ccccc2)c2ccccc2)nc2ccccc21. The normalized spacial score (nSPS) is 11.1. The lowest BCUT2D eigenvalue weighted by Gasteiger charge is -2.20. The molecule has 0 amide bonds. The Morgan fingerprint density at radius 1 is 0.706 bits per heavy atom. The van der Waals surface area contributed by atoms with Crippen LogP contribution in [-0.4, -0.2) is 23.3 Å². The Hall–Kier alpha value is -4.05. The molecule has 5 rings (SSSR count). The number of rotatable bonds is 9. The van der Waals surface area contributed by atoms with Gasteiger partial charge in [-0.1, -0.05) is 84.9 Å². The molecule has 0 N–H and O–H groups in total. The van der Waals surface area contributed by atoms with Gasteiger partial charge in [0.2, 0.25) is 0 Å². The van der Waals surface area contributed by atoms with Gasteiger partial charge in [-0.3, -0.25) is 0 Å². The lowest BCUT2D eigenvalue weighted by molar-refractivity contribution is 0.282. The van der Waals surface area contributed by atoms with E-state index in [0.717, 1.165) is 41.3 Å². The van der Waals surface area contributed by atoms with Crippen molar-refractivity contribution >= 4 is 11.0 Å². The van der Waals surface area contributed by atoms with Crippen LogP contribution in [0.3, 0.4) is 0 Å². The number of nitrogens with zero attached hydrogens (tertiary/aromatic N) is 2. The van der Waals surface area contributed by atoms with E-state index in [9.17, 15) is 0 Å². The number of aryl methyl sites for hydroxylation is 1. The summed E-state index contributed by atoms with van der Waals surface area (Å²) in [7, 11) is 1.67. The van der Waals surface area contributed by atoms with Gasteiger partial charge in [0, 0.05) is 6.54 Å². The zero-order valence-electron chi connectivity index (χ0n) is 19.3. The van der Waals surface area contributed by atoms with E-state index < -0.39 is 0 Å². The van der Waals surface area contributed by atoms with Gasteiger partial charge in [-0.15, -0.1) is 0 Å². The Balaban J connectivity index is 1.48. The van der Waals surface area contributed by atoms with Gasteiger partial charge in [-0.05, 0) is 41.8 Å². The van der Waals surface area contributed by atoms with Crippen LogP contribution < -0.4 is 9.47 Å². The number of fused-ring (bicyclic) bond motifs is 1. The first-order valence-corrected chi connectivity index (χ1v) is 11.7. The monoisotopic (exact) mass is 448 g/mol. The van der Waals surface area contributed by atoms with Crippen molar-refractivity contribution in [2.45, 2.75) is 18.9 Å². The fourth-order valence-electron chi connectivity index (χ4n) is 4.47. The molecule has 170 valence electrons. The first kappa shape index (κ1) is 21.8. The van der Waals surface area contributed by atoms with Crippen molar-refractivity contribution in [1.82, 2.24) is 9.55 Å². The molecule has 4 nitrogen and oxygen atoms in total. The molecule has 0 saturated carbocycles. The molecule has 4 aromatic carbocycles. The Kier molecular flexibility index (Phi) is 6.57. The van der Waals surface area contributed by atoms with Crippen LogP contribution in [0.4, 0.5) is 0 Å². The maximum atomic E-state index is 6.05. The summed E-state index contributed by atoms with van der Waals surface area (Å²) in [5, 5.41) is 0. The van der Waals surface area contributed by atoms with Gasteiger partial charge >= 0.3 is 0 Å². The molecule has 5 aromatic rings. The van der Waals surface area contributed by atoms with Crippen LogP contribution in [0.1, 0.15) is 29.3 Å². The predicted molar refractivity (Wildman–Crippen MR) is 137 cm³/mol. The number of hydrogen-bond donors (Lipinski definition) is 0. The third kappa shape index (κ3) is 4.53. The van der Waals surface area contributed by atoms with Crippen LogP contribution in [0.25, 0.3) is 11.0 Å². The van der Waals surface area contributed by atoms with E-state index in [2.05, 4.69) is 83.4 Å². The first-order valence-electron chi connectivity index (χ1n) is 11.7. The number of benzene rings is 4. The molecule has 0 saturated heterocycles. The summed E-state index contributed by atoms with van der Waals surface area (Å²) in [4.78, 5) is 5.13. The third-order valence-corrected chi connectivity index (χ3v) is 6.06. The highest BCUT2D eigenvalue weighted by atomic mass is 16.5. The van der Waals surface area contributed by atoms with Crippen molar-refractivity contribution in [1.29, 1.82) is 0 Å². The molecule has 1 heterocycles. The lowest BCUT2D eigenvalue weighted by atomic mass is 9.90. The Labute approximate surface area is 200 Å². The van der Waals surface area contributed by atoms with Crippen LogP contribution in [-0.2, 0) is 6.54 Å². The molecule has 0 atom stereocenters. The molecule has 0 spiro atoms. The molecule has 0 aliphatic heterocycles. The summed E-state index contributed by atoms with van der Waals surface area (Å²) in [6.07, 6.45) is 0.849. The van der Waals surface area contributed by atoms with Gasteiger partial charge in [-0.2, -0.15) is 0 Å². The van der Waals surface area contributed by atoms with Gasteiger partial charge in [0.25, 0.3) is 0 Å². The molecule has 4 heteroatoms. The van der Waals surface area contributed by atoms with Gasteiger partial charge in [0.05, 0.1) is 30.7 Å². The van der Waals surface area contributed by atoms with Gasteiger partial charge in [0.1, 0.15) is 5.82 Å². The third-order valence-electron chi connectivity index (χ3n) is 6.06. The van der Waals surface area contributed by atoms with E-state index >= 15 is 0 Å². The topological polar surface area (TPSA) is 36.3 Å². The predicted octanol–water partition coefficient (Wildman–Crippen LogP) is 6.69. The summed E-state index contributed by atoms with van der Waals surface area (Å²) < 4.78 is 13.8. The van der Waals surface area contributed by atoms with E-state index in [-0.39, 0.29) is 5.92 Å². The highest BCUT2D eigenvalue weighted by Crippen LogP contribution is 2.33. The van der Waals surface area contributed by atoms with Crippen molar-refractivity contribution in [2.75, 3.05) is 13.7 Å². The van der Waals surface area contributed by atoms with Crippen LogP contribution in [0.2, 0.25) is 0 Å². The number of hydrogen-bond acceptors (Lipinski definition) is 3. The van der Waals surface area contributed by atoms with Crippen molar-refractivity contribution in [2.24, 2.45) is 0 Å². The Morgan fingerprint density at radius 2 is 1.29 bits per heavy atom. The summed E-state index contributed by atoms with van der Waals surface area (Å²) in [5.74, 6) is 2.62. The summed E-state index contributed by atoms with van der Waals surface area (Å²) in [6, 6.07) is 37.4. The maximum absolute atomic E-state index is 6.05. The van der Waals surface area contributed by atoms with Crippen LogP contribution in [0.15, 0.2) is 109 Å². The summed E-state index contributed by atoms with van der Waals surface area (Å²) in [6.45, 7) is 1.40. The van der Waals surface area contributed by atoms with Gasteiger partial charge < -0.3 is 14.0 Å². The smallest absolute Gasteiger partial charge is 0.161 e. The van der Waals surface area contributed by atoms with E-state index in [1.807, 2.05) is 30.3 Å². The highest BCUT2D eigenvalue weighted by molar-refractivity contribution is 5.76. The molecule has 1 aromatic heterocycles. The number of para-hydroxylation sites is 4. The molecule has 34 heavy (non-hydrogen) atoms. The minimum atomic E-state index is 0.0462. The molecule has 0 bridgehead atoms. The van der Waals surface area contributed by atoms with E-state index in [4.69, 9.17) is 14.5 Å². The average Bonchev–Trinajstić information content (AvgIpc) is 3.26. The van der Waals surface area contributed by atoms with Crippen molar-refractivity contribution < 1.29 is 9.47 Å². The molecule has 0 fully saturated rings. The Morgan fingerprint density at radius 3 is 1.97 bits per heavy atom. The Bertz CT molecular complexity index is 1310. The fourth-order valence-corrected chi connectivity index (χ4v) is 4.47. The molecule has 0 aliphatic carbocycles. The largest absolute Gasteiger partial charge is 0.493 e. The first-order chi connectivity index (χ1) is 16.8. The number of ether oxygens (including phenoxy) is 2. The summed E-state index contributed by atoms with van der Waals surface area (Å²) in [5.41, 5.74) is 4.62. The standard InChI is InChI=1S/C30H28N2O2/c1-33-27-19-10-11-20-28(27)34-22-12-21-32-26-18-9-8-17-25(26)31-30(32)29(23-13-4-2-5-14-23)24-15-6-3-7-16-24/h2-11,13-20,29H,12,21-22H2,1H3. The molecule has 0 unspecified atom stereocenters. The van der Waals surface area contributed by atoms with Gasteiger partial charge in [-0.25, -0.2) is 4.98 Å². The zero-order chi connectivity index (χ0) is 23.2. The molecule has 0 aliphatic rings. The second kappa shape index (κ2) is 10.3. The van der Waals surface area contributed by atoms with E-state index in [0.29, 0.717) is 6.61 Å². The lowest BCUT2D eigenvalue weighted by Crippen LogP contribution is -2.13. The number of methoxy groups -OCH3 is 1. The fraction of sp³-hybridized carbons (Fsp3) is 0.167. The highest BCUT2D eigenvalue weighted by Gasteiger charge is 2.23. The van der Waals surface area contributed by atoms with E-state index in [1.54, 1.807) is 7.11 Å². The summed E-state index contributed by atoms with van der Waals surface area (Å²) >= 11 is 0. The van der Waals surface area contributed by atoms with Crippen molar-refractivity contribution in [3.63, 3.8) is 0 Å². The van der Waals surface area contributed by atoms with Crippen LogP contribution >= 0.6 is 0 Å². The minimum Gasteiger partial charge on any atom is -0.493 e. The maximum Gasteiger partial charge on any atom is 0.161 e. The number of imidazole rings is 1. The molecular weight excluding hydrogens is 420 g/mol. The van der Waals surface area contributed by atoms with Crippen molar-refractivity contribution in [3.8, 4) is 11.5 Å². The zero-order valence-corrected chi connectivity index (χ0v) is 19.3. The molecular formula is C30H28N2O2. The van der Waals surface area contributed by atoms with Gasteiger partial charge in [0.15, 0.2) is 11.5 Å². The van der Waals surface area contributed by atoms with Crippen LogP contribution in [0, 0.1) is 0 Å². The van der Waals surface area contributed by atoms with Crippen molar-refractivity contribution in [3.05, 3.63) is 126 Å². The molecule has 0 radical (unpaired) electrons. The van der Waals surface area contributed by atoms with Crippen LogP contribution in [0.5, 0.6) is 11.5 Å². The quantitative estimate of drug-likeness (QED) is 0.236. The number of aromatic nitrogens is 2. The minimum absolute atomic E-state index is 0.0462. The second-order valence-electron chi connectivity index (χ2n) is 8.22. The van der Waals surface area contributed by atoms with E-state index in [1.165, 1.54) is 11.1 Å². The second-order valence-corrected chi connectivity index (χ2v) is 8.22. The average molecular weight is 449 g/mol.